The van der Waals surface area contributed by atoms with Crippen molar-refractivity contribution >= 4 is 16.8 Å². The summed E-state index contributed by atoms with van der Waals surface area (Å²) in [4.78, 5) is 23.5. The van der Waals surface area contributed by atoms with E-state index in [2.05, 4.69) is 32.9 Å². The molecule has 2 aromatic heterocycles. The normalized spacial score (nSPS) is 15.5. The van der Waals surface area contributed by atoms with Gasteiger partial charge in [-0.2, -0.15) is 0 Å². The molecule has 0 spiro atoms. The van der Waals surface area contributed by atoms with Gasteiger partial charge in [0.1, 0.15) is 5.82 Å². The zero-order valence-electron chi connectivity index (χ0n) is 15.4. The number of para-hydroxylation sites is 1. The van der Waals surface area contributed by atoms with E-state index in [4.69, 9.17) is 0 Å². The maximum Gasteiger partial charge on any atom is 0.227 e. The van der Waals surface area contributed by atoms with Crippen LogP contribution in [0.5, 0.6) is 0 Å². The van der Waals surface area contributed by atoms with Gasteiger partial charge in [-0.15, -0.1) is 0 Å². The van der Waals surface area contributed by atoms with Crippen LogP contribution in [0.25, 0.3) is 10.9 Å². The fourth-order valence-electron chi connectivity index (χ4n) is 3.97. The van der Waals surface area contributed by atoms with Gasteiger partial charge in [0, 0.05) is 55.0 Å². The second-order valence-corrected chi connectivity index (χ2v) is 7.14. The highest BCUT2D eigenvalue weighted by Crippen LogP contribution is 2.27. The summed E-state index contributed by atoms with van der Waals surface area (Å²) in [5.74, 6) is 1.47. The predicted molar refractivity (Wildman–Crippen MR) is 102 cm³/mol. The summed E-state index contributed by atoms with van der Waals surface area (Å²) in [6, 6.07) is 10.3. The van der Waals surface area contributed by atoms with Crippen molar-refractivity contribution in [3.8, 4) is 0 Å². The molecule has 1 amide bonds. The highest BCUT2D eigenvalue weighted by Gasteiger charge is 2.25. The van der Waals surface area contributed by atoms with Gasteiger partial charge in [0.05, 0.1) is 6.42 Å². The summed E-state index contributed by atoms with van der Waals surface area (Å²) in [5.41, 5.74) is 3.40. The number of carbonyl (C=O) groups excluding carboxylic acids is 1. The van der Waals surface area contributed by atoms with Crippen LogP contribution in [0.15, 0.2) is 42.7 Å². The Kier molecular flexibility index (Phi) is 4.45. The molecule has 0 bridgehead atoms. The lowest BCUT2D eigenvalue weighted by atomic mass is 9.93. The number of nitrogens with zero attached hydrogens (tertiary/aromatic N) is 4. The zero-order valence-corrected chi connectivity index (χ0v) is 15.4. The van der Waals surface area contributed by atoms with E-state index in [1.165, 1.54) is 10.9 Å². The van der Waals surface area contributed by atoms with Crippen molar-refractivity contribution in [1.29, 1.82) is 0 Å². The minimum Gasteiger partial charge on any atom is -0.350 e. The van der Waals surface area contributed by atoms with E-state index < -0.39 is 0 Å². The largest absolute Gasteiger partial charge is 0.350 e. The summed E-state index contributed by atoms with van der Waals surface area (Å²) < 4.78 is 2.10. The highest BCUT2D eigenvalue weighted by molar-refractivity contribution is 5.89. The average Bonchev–Trinajstić information content (AvgIpc) is 2.98. The molecule has 0 saturated carbocycles. The van der Waals surface area contributed by atoms with E-state index in [-0.39, 0.29) is 5.91 Å². The van der Waals surface area contributed by atoms with Crippen molar-refractivity contribution in [3.05, 3.63) is 59.8 Å². The SMILES string of the molecule is Cc1nccc(C2CCN(C(=O)Cc3cn(C)c4ccccc34)CC2)n1. The lowest BCUT2D eigenvalue weighted by Crippen LogP contribution is -2.38. The summed E-state index contributed by atoms with van der Waals surface area (Å²) in [6.45, 7) is 3.53. The minimum absolute atomic E-state index is 0.221. The quantitative estimate of drug-likeness (QED) is 0.730. The van der Waals surface area contributed by atoms with Crippen molar-refractivity contribution in [3.63, 3.8) is 0 Å². The van der Waals surface area contributed by atoms with Crippen molar-refractivity contribution in [2.24, 2.45) is 7.05 Å². The monoisotopic (exact) mass is 348 g/mol. The number of carbonyl (C=O) groups is 1. The molecule has 0 unspecified atom stereocenters. The number of hydrogen-bond donors (Lipinski definition) is 0. The fourth-order valence-corrected chi connectivity index (χ4v) is 3.97. The van der Waals surface area contributed by atoms with Crippen molar-refractivity contribution < 1.29 is 4.79 Å². The Labute approximate surface area is 153 Å². The van der Waals surface area contributed by atoms with Crippen molar-refractivity contribution in [2.75, 3.05) is 13.1 Å². The third-order valence-electron chi connectivity index (χ3n) is 5.38. The summed E-state index contributed by atoms with van der Waals surface area (Å²) in [6.07, 6.45) is 6.32. The predicted octanol–water partition coefficient (Wildman–Crippen LogP) is 3.23. The van der Waals surface area contributed by atoms with E-state index in [1.54, 1.807) is 0 Å². The number of amides is 1. The van der Waals surface area contributed by atoms with Gasteiger partial charge in [-0.1, -0.05) is 18.2 Å². The maximum atomic E-state index is 12.8. The van der Waals surface area contributed by atoms with Crippen LogP contribution >= 0.6 is 0 Å². The molecule has 5 heteroatoms. The fraction of sp³-hybridized carbons (Fsp3) is 0.381. The number of piperidine rings is 1. The first-order valence-corrected chi connectivity index (χ1v) is 9.22. The van der Waals surface area contributed by atoms with Crippen LogP contribution in [0.4, 0.5) is 0 Å². The van der Waals surface area contributed by atoms with Crippen LogP contribution in [-0.2, 0) is 18.3 Å². The number of rotatable bonds is 3. The molecule has 1 fully saturated rings. The lowest BCUT2D eigenvalue weighted by molar-refractivity contribution is -0.131. The molecular formula is C21H24N4O. The Morgan fingerprint density at radius 3 is 2.73 bits per heavy atom. The number of likely N-dealkylation sites (tertiary alicyclic amines) is 1. The smallest absolute Gasteiger partial charge is 0.227 e. The highest BCUT2D eigenvalue weighted by atomic mass is 16.2. The van der Waals surface area contributed by atoms with E-state index >= 15 is 0 Å². The molecule has 26 heavy (non-hydrogen) atoms. The van der Waals surface area contributed by atoms with Crippen LogP contribution in [0, 0.1) is 6.92 Å². The van der Waals surface area contributed by atoms with E-state index in [0.717, 1.165) is 43.0 Å². The molecule has 1 saturated heterocycles. The van der Waals surface area contributed by atoms with E-state index in [1.807, 2.05) is 43.3 Å². The molecule has 3 aromatic rings. The second-order valence-electron chi connectivity index (χ2n) is 7.14. The molecule has 0 N–H and O–H groups in total. The Morgan fingerprint density at radius 1 is 1.19 bits per heavy atom. The average molecular weight is 348 g/mol. The second kappa shape index (κ2) is 6.90. The standard InChI is InChI=1S/C21H24N4O/c1-15-22-10-7-19(23-15)16-8-11-25(12-9-16)21(26)13-17-14-24(2)20-6-4-3-5-18(17)20/h3-7,10,14,16H,8-9,11-13H2,1-2H3. The minimum atomic E-state index is 0.221. The van der Waals surface area contributed by atoms with Gasteiger partial charge in [0.15, 0.2) is 0 Å². The number of aromatic nitrogens is 3. The van der Waals surface area contributed by atoms with Gasteiger partial charge < -0.3 is 9.47 Å². The molecule has 1 aliphatic heterocycles. The number of aryl methyl sites for hydroxylation is 2. The molecule has 0 radical (unpaired) electrons. The van der Waals surface area contributed by atoms with Crippen LogP contribution < -0.4 is 0 Å². The Hall–Kier alpha value is -2.69. The number of hydrogen-bond acceptors (Lipinski definition) is 3. The molecule has 4 rings (SSSR count). The summed E-state index contributed by atoms with van der Waals surface area (Å²) >= 11 is 0. The summed E-state index contributed by atoms with van der Waals surface area (Å²) in [5, 5.41) is 1.18. The summed E-state index contributed by atoms with van der Waals surface area (Å²) in [7, 11) is 2.03. The maximum absolute atomic E-state index is 12.8. The first-order chi connectivity index (χ1) is 12.6. The van der Waals surface area contributed by atoms with Gasteiger partial charge >= 0.3 is 0 Å². The Balaban J connectivity index is 1.42. The lowest BCUT2D eigenvalue weighted by Gasteiger charge is -2.31. The van der Waals surface area contributed by atoms with Gasteiger partial charge in [-0.3, -0.25) is 4.79 Å². The molecule has 1 aliphatic rings. The van der Waals surface area contributed by atoms with Gasteiger partial charge in [-0.05, 0) is 37.5 Å². The number of fused-ring (bicyclic) bond motifs is 1. The molecule has 5 nitrogen and oxygen atoms in total. The van der Waals surface area contributed by atoms with E-state index in [0.29, 0.717) is 12.3 Å². The van der Waals surface area contributed by atoms with Crippen LogP contribution in [0.3, 0.4) is 0 Å². The topological polar surface area (TPSA) is 51.0 Å². The zero-order chi connectivity index (χ0) is 18.1. The molecule has 134 valence electrons. The van der Waals surface area contributed by atoms with Crippen LogP contribution in [0.1, 0.15) is 35.8 Å². The third kappa shape index (κ3) is 3.21. The van der Waals surface area contributed by atoms with Crippen LogP contribution in [-0.4, -0.2) is 38.4 Å². The first kappa shape index (κ1) is 16.8. The molecular weight excluding hydrogens is 324 g/mol. The molecule has 0 aliphatic carbocycles. The molecule has 3 heterocycles. The van der Waals surface area contributed by atoms with Gasteiger partial charge in [-0.25, -0.2) is 9.97 Å². The Bertz CT molecular complexity index is 938. The van der Waals surface area contributed by atoms with Gasteiger partial charge in [0.25, 0.3) is 0 Å². The van der Waals surface area contributed by atoms with Crippen molar-refractivity contribution in [2.45, 2.75) is 32.1 Å². The first-order valence-electron chi connectivity index (χ1n) is 9.22. The van der Waals surface area contributed by atoms with Crippen molar-refractivity contribution in [1.82, 2.24) is 19.4 Å². The Morgan fingerprint density at radius 2 is 1.96 bits per heavy atom. The molecule has 1 aromatic carbocycles. The van der Waals surface area contributed by atoms with Crippen LogP contribution in [0.2, 0.25) is 0 Å². The third-order valence-corrected chi connectivity index (χ3v) is 5.38. The number of benzene rings is 1. The van der Waals surface area contributed by atoms with E-state index in [9.17, 15) is 4.79 Å². The molecule has 0 atom stereocenters. The van der Waals surface area contributed by atoms with Gasteiger partial charge in [0.2, 0.25) is 5.91 Å².